The van der Waals surface area contributed by atoms with Gasteiger partial charge >= 0.3 is 5.97 Å². The predicted molar refractivity (Wildman–Crippen MR) is 69.4 cm³/mol. The molecule has 0 saturated heterocycles. The Morgan fingerprint density at radius 2 is 1.94 bits per heavy atom. The molecular weight excluding hydrogens is 236 g/mol. The van der Waals surface area contributed by atoms with Crippen LogP contribution >= 0.6 is 0 Å². The highest BCUT2D eigenvalue weighted by Gasteiger charge is 2.15. The van der Waals surface area contributed by atoms with Crippen LogP contribution in [0.1, 0.15) is 20.3 Å². The molecule has 5 N–H and O–H groups in total. The molecule has 0 fully saturated rings. The van der Waals surface area contributed by atoms with E-state index in [1.165, 1.54) is 0 Å². The summed E-state index contributed by atoms with van der Waals surface area (Å²) >= 11 is 0. The van der Waals surface area contributed by atoms with Crippen molar-refractivity contribution in [3.63, 3.8) is 0 Å². The monoisotopic (exact) mass is 260 g/mol. The largest absolute Gasteiger partial charge is 0.462 e. The normalized spacial score (nSPS) is 12.1. The molecule has 18 heavy (non-hydrogen) atoms. The van der Waals surface area contributed by atoms with Gasteiger partial charge < -0.3 is 25.8 Å². The Morgan fingerprint density at radius 1 is 1.33 bits per heavy atom. The lowest BCUT2D eigenvalue weighted by atomic mass is 10.2. The van der Waals surface area contributed by atoms with Gasteiger partial charge in [-0.05, 0) is 20.3 Å². The number of guanidine groups is 1. The van der Waals surface area contributed by atoms with E-state index in [2.05, 4.69) is 10.6 Å². The Bertz CT molecular complexity index is 259. The molecule has 7 heteroatoms. The molecule has 0 amide bonds. The van der Waals surface area contributed by atoms with Crippen LogP contribution in [0.5, 0.6) is 0 Å². The molecule has 7 nitrogen and oxygen atoms in total. The Hall–Kier alpha value is -1.34. The van der Waals surface area contributed by atoms with Gasteiger partial charge in [0.2, 0.25) is 0 Å². The van der Waals surface area contributed by atoms with Crippen molar-refractivity contribution < 1.29 is 14.3 Å². The van der Waals surface area contributed by atoms with E-state index >= 15 is 0 Å². The third kappa shape index (κ3) is 8.77. The van der Waals surface area contributed by atoms with E-state index in [0.29, 0.717) is 26.1 Å². The van der Waals surface area contributed by atoms with Crippen LogP contribution in [0.2, 0.25) is 0 Å². The van der Waals surface area contributed by atoms with Crippen molar-refractivity contribution in [3.8, 4) is 0 Å². The summed E-state index contributed by atoms with van der Waals surface area (Å²) in [5.74, 6) is -0.220. The van der Waals surface area contributed by atoms with Crippen molar-refractivity contribution in [1.82, 2.24) is 10.6 Å². The molecule has 0 aliphatic heterocycles. The minimum absolute atomic E-state index is 0.162. The fraction of sp³-hybridized carbons (Fsp3) is 0.818. The summed E-state index contributed by atoms with van der Waals surface area (Å²) in [5.41, 5.74) is 5.65. The minimum atomic E-state index is -0.660. The summed E-state index contributed by atoms with van der Waals surface area (Å²) < 4.78 is 9.81. The molecule has 0 spiro atoms. The zero-order valence-electron chi connectivity index (χ0n) is 11.3. The van der Waals surface area contributed by atoms with Gasteiger partial charge in [0.05, 0.1) is 12.7 Å². The zero-order chi connectivity index (χ0) is 14.0. The lowest BCUT2D eigenvalue weighted by molar-refractivity contribution is -0.149. The zero-order valence-corrected chi connectivity index (χ0v) is 11.3. The van der Waals surface area contributed by atoms with Gasteiger partial charge in [0.25, 0.3) is 0 Å². The van der Waals surface area contributed by atoms with Gasteiger partial charge in [-0.2, -0.15) is 0 Å². The van der Waals surface area contributed by atoms with Crippen molar-refractivity contribution >= 4 is 11.9 Å². The third-order valence-corrected chi connectivity index (χ3v) is 2.02. The first-order chi connectivity index (χ1) is 8.47. The maximum Gasteiger partial charge on any atom is 0.323 e. The van der Waals surface area contributed by atoms with Gasteiger partial charge in [0.1, 0.15) is 6.04 Å². The van der Waals surface area contributed by atoms with Gasteiger partial charge in [-0.15, -0.1) is 0 Å². The first kappa shape index (κ1) is 16.7. The number of nitrogens with one attached hydrogen (secondary N) is 3. The van der Waals surface area contributed by atoms with Gasteiger partial charge in [-0.1, -0.05) is 0 Å². The van der Waals surface area contributed by atoms with E-state index in [9.17, 15) is 4.79 Å². The fourth-order valence-corrected chi connectivity index (χ4v) is 1.13. The van der Waals surface area contributed by atoms with Crippen LogP contribution < -0.4 is 16.4 Å². The second-order valence-corrected chi connectivity index (χ2v) is 4.10. The molecule has 106 valence electrons. The Balaban J connectivity index is 3.64. The van der Waals surface area contributed by atoms with Crippen LogP contribution in [0.4, 0.5) is 0 Å². The Morgan fingerprint density at radius 3 is 2.50 bits per heavy atom. The topological polar surface area (TPSA) is 109 Å². The molecule has 0 bridgehead atoms. The summed E-state index contributed by atoms with van der Waals surface area (Å²) in [6.45, 7) is 5.08. The highest BCUT2D eigenvalue weighted by molar-refractivity contribution is 5.77. The van der Waals surface area contributed by atoms with Gasteiger partial charge in [0.15, 0.2) is 5.96 Å². The molecule has 0 aromatic carbocycles. The van der Waals surface area contributed by atoms with Gasteiger partial charge in [-0.25, -0.2) is 0 Å². The molecule has 0 aromatic rings. The second-order valence-electron chi connectivity index (χ2n) is 4.10. The molecule has 1 atom stereocenters. The van der Waals surface area contributed by atoms with Crippen LogP contribution in [0.15, 0.2) is 0 Å². The lowest BCUT2D eigenvalue weighted by Crippen LogP contribution is -2.42. The summed E-state index contributed by atoms with van der Waals surface area (Å²) in [6.07, 6.45) is 0.255. The molecular formula is C11H24N4O3. The maximum atomic E-state index is 11.4. The number of carbonyl (C=O) groups excluding carboxylic acids is 1. The number of methoxy groups -OCH3 is 1. The van der Waals surface area contributed by atoms with E-state index in [4.69, 9.17) is 20.6 Å². The highest BCUT2D eigenvalue weighted by atomic mass is 16.5. The maximum absolute atomic E-state index is 11.4. The van der Waals surface area contributed by atoms with E-state index in [1.54, 1.807) is 21.0 Å². The quantitative estimate of drug-likeness (QED) is 0.201. The van der Waals surface area contributed by atoms with Crippen LogP contribution in [0.25, 0.3) is 0 Å². The number of esters is 1. The third-order valence-electron chi connectivity index (χ3n) is 2.02. The van der Waals surface area contributed by atoms with Crippen LogP contribution in [0, 0.1) is 5.41 Å². The minimum Gasteiger partial charge on any atom is -0.462 e. The smallest absolute Gasteiger partial charge is 0.323 e. The lowest BCUT2D eigenvalue weighted by Gasteiger charge is -2.15. The van der Waals surface area contributed by atoms with Gasteiger partial charge in [-0.3, -0.25) is 10.2 Å². The number of hydrogen-bond donors (Lipinski definition) is 4. The Kier molecular flexibility index (Phi) is 8.95. The summed E-state index contributed by atoms with van der Waals surface area (Å²) in [5, 5.41) is 13.1. The molecule has 0 rings (SSSR count). The molecule has 0 aromatic heterocycles. The number of carbonyl (C=O) groups is 1. The molecule has 0 radical (unpaired) electrons. The molecule has 0 unspecified atom stereocenters. The first-order valence-corrected chi connectivity index (χ1v) is 5.98. The van der Waals surface area contributed by atoms with E-state index in [-0.39, 0.29) is 12.1 Å². The van der Waals surface area contributed by atoms with Crippen molar-refractivity contribution in [1.29, 1.82) is 5.41 Å². The number of rotatable bonds is 8. The average molecular weight is 260 g/mol. The van der Waals surface area contributed by atoms with Crippen molar-refractivity contribution in [2.24, 2.45) is 5.73 Å². The predicted octanol–water partition coefficient (Wildman–Crippen LogP) is -0.584. The van der Waals surface area contributed by atoms with Crippen LogP contribution in [-0.4, -0.2) is 50.9 Å². The van der Waals surface area contributed by atoms with Crippen molar-refractivity contribution in [3.05, 3.63) is 0 Å². The van der Waals surface area contributed by atoms with E-state index < -0.39 is 12.0 Å². The molecule has 0 heterocycles. The summed E-state index contributed by atoms with van der Waals surface area (Å²) in [4.78, 5) is 11.4. The Labute approximate surface area is 108 Å². The summed E-state index contributed by atoms with van der Waals surface area (Å²) in [6, 6.07) is -0.660. The molecule has 0 aliphatic rings. The average Bonchev–Trinajstić information content (AvgIpc) is 2.28. The molecule has 0 aliphatic carbocycles. The molecule has 0 saturated carbocycles. The first-order valence-electron chi connectivity index (χ1n) is 5.98. The van der Waals surface area contributed by atoms with E-state index in [1.807, 2.05) is 0 Å². The number of hydrogen-bond acceptors (Lipinski definition) is 5. The second kappa shape index (κ2) is 9.67. The van der Waals surface area contributed by atoms with Gasteiger partial charge in [0, 0.05) is 20.2 Å². The van der Waals surface area contributed by atoms with Crippen molar-refractivity contribution in [2.75, 3.05) is 26.8 Å². The van der Waals surface area contributed by atoms with Crippen LogP contribution in [0.3, 0.4) is 0 Å². The number of nitrogens with two attached hydrogens (primary N) is 1. The van der Waals surface area contributed by atoms with Crippen molar-refractivity contribution in [2.45, 2.75) is 32.4 Å². The standard InChI is InChI=1S/C11H24N4O3/c1-8(2)18-10(16)9(12)4-5-14-11(13)15-6-7-17-3/h8-9H,4-7,12H2,1-3H3,(H3,13,14,15)/t9-/m0/s1. The van der Waals surface area contributed by atoms with Crippen LogP contribution in [-0.2, 0) is 14.3 Å². The van der Waals surface area contributed by atoms with E-state index in [0.717, 1.165) is 0 Å². The fourth-order valence-electron chi connectivity index (χ4n) is 1.13. The highest BCUT2D eigenvalue weighted by Crippen LogP contribution is 1.95. The summed E-state index contributed by atoms with van der Waals surface area (Å²) in [7, 11) is 1.60. The SMILES string of the molecule is COCCNC(=N)NCC[C@H](N)C(=O)OC(C)C. The number of ether oxygens (including phenoxy) is 2.